The summed E-state index contributed by atoms with van der Waals surface area (Å²) in [5, 5.41) is 6.77. The summed E-state index contributed by atoms with van der Waals surface area (Å²) in [7, 11) is 0. The minimum absolute atomic E-state index is 0.222. The Bertz CT molecular complexity index is 1110. The largest absolute Gasteiger partial charge is 0.462 e. The van der Waals surface area contributed by atoms with Gasteiger partial charge in [-0.25, -0.2) is 4.79 Å². The summed E-state index contributed by atoms with van der Waals surface area (Å²) in [5.41, 5.74) is -0.0702. The number of fused-ring (bicyclic) bond motifs is 1. The Labute approximate surface area is 178 Å². The van der Waals surface area contributed by atoms with Crippen LogP contribution in [0.15, 0.2) is 47.0 Å². The lowest BCUT2D eigenvalue weighted by atomic mass is 9.76. The summed E-state index contributed by atoms with van der Waals surface area (Å²) in [4.78, 5) is 39.9. The number of esters is 1. The molecule has 2 aromatic rings. The minimum Gasteiger partial charge on any atom is -0.462 e. The van der Waals surface area contributed by atoms with Crippen molar-refractivity contribution in [2.75, 3.05) is 23.4 Å². The van der Waals surface area contributed by atoms with E-state index in [0.29, 0.717) is 22.8 Å². The van der Waals surface area contributed by atoms with Gasteiger partial charge >= 0.3 is 5.97 Å². The molecule has 3 aliphatic rings. The molecular formula is C22H21N3O6. The van der Waals surface area contributed by atoms with Crippen molar-refractivity contribution in [2.45, 2.75) is 25.6 Å². The van der Waals surface area contributed by atoms with Gasteiger partial charge < -0.3 is 19.3 Å². The first-order chi connectivity index (χ1) is 14.9. The molecule has 9 heteroatoms. The number of amides is 2. The molecule has 9 nitrogen and oxygen atoms in total. The van der Waals surface area contributed by atoms with E-state index in [1.807, 2.05) is 12.2 Å². The van der Waals surface area contributed by atoms with Crippen LogP contribution in [0.4, 0.5) is 11.5 Å². The number of ether oxygens (including phenoxy) is 2. The van der Waals surface area contributed by atoms with Gasteiger partial charge in [0.2, 0.25) is 11.8 Å². The molecule has 1 aromatic heterocycles. The molecule has 4 heterocycles. The van der Waals surface area contributed by atoms with Crippen molar-refractivity contribution >= 4 is 29.3 Å². The fourth-order valence-electron chi connectivity index (χ4n) is 4.64. The van der Waals surface area contributed by atoms with E-state index in [0.717, 1.165) is 0 Å². The molecule has 0 aliphatic carbocycles. The van der Waals surface area contributed by atoms with Crippen LogP contribution in [-0.2, 0) is 19.1 Å². The third kappa shape index (κ3) is 3.04. The molecule has 0 radical (unpaired) electrons. The molecular weight excluding hydrogens is 402 g/mol. The second kappa shape index (κ2) is 7.05. The lowest BCUT2D eigenvalue weighted by Gasteiger charge is -2.23. The van der Waals surface area contributed by atoms with Gasteiger partial charge in [-0.3, -0.25) is 14.5 Å². The van der Waals surface area contributed by atoms with Crippen LogP contribution in [-0.4, -0.2) is 47.8 Å². The molecule has 0 saturated carbocycles. The van der Waals surface area contributed by atoms with Crippen LogP contribution in [0.25, 0.3) is 0 Å². The lowest BCUT2D eigenvalue weighted by molar-refractivity contribution is -0.128. The average Bonchev–Trinajstić information content (AvgIpc) is 3.49. The van der Waals surface area contributed by atoms with Crippen LogP contribution in [0.1, 0.15) is 23.0 Å². The molecule has 2 amide bonds. The first-order valence-corrected chi connectivity index (χ1v) is 10.1. The molecule has 3 aliphatic heterocycles. The highest BCUT2D eigenvalue weighted by molar-refractivity contribution is 6.05. The van der Waals surface area contributed by atoms with E-state index in [1.54, 1.807) is 44.2 Å². The van der Waals surface area contributed by atoms with Crippen molar-refractivity contribution in [3.8, 4) is 0 Å². The highest BCUT2D eigenvalue weighted by Gasteiger charge is 2.67. The quantitative estimate of drug-likeness (QED) is 0.579. The third-order valence-electron chi connectivity index (χ3n) is 5.94. The van der Waals surface area contributed by atoms with E-state index in [-0.39, 0.29) is 25.0 Å². The molecule has 1 spiro atoms. The Morgan fingerprint density at radius 2 is 2.19 bits per heavy atom. The van der Waals surface area contributed by atoms with Gasteiger partial charge in [-0.05, 0) is 32.0 Å². The summed E-state index contributed by atoms with van der Waals surface area (Å²) in [6.07, 6.45) is 3.22. The fraction of sp³-hybridized carbons (Fsp3) is 0.364. The van der Waals surface area contributed by atoms with Crippen molar-refractivity contribution < 1.29 is 28.4 Å². The summed E-state index contributed by atoms with van der Waals surface area (Å²) >= 11 is 0. The van der Waals surface area contributed by atoms with Crippen LogP contribution >= 0.6 is 0 Å². The molecule has 5 rings (SSSR count). The van der Waals surface area contributed by atoms with Crippen molar-refractivity contribution in [2.24, 2.45) is 11.8 Å². The predicted octanol–water partition coefficient (Wildman–Crippen LogP) is 2.08. The van der Waals surface area contributed by atoms with E-state index in [4.69, 9.17) is 14.0 Å². The standard InChI is InChI=1S/C22H21N3O6/c1-3-29-21(28)13-5-4-6-14(10-13)23-19(26)17-15-7-8-22(30-15)11-25(20(27)18(17)22)16-9-12(2)31-24-16/h4-10,15,17-18H,3,11H2,1-2H3,(H,23,26)/t15-,17+,18-,22+/m1/s1. The first-order valence-electron chi connectivity index (χ1n) is 10.1. The van der Waals surface area contributed by atoms with Gasteiger partial charge in [-0.1, -0.05) is 23.4 Å². The Balaban J connectivity index is 1.38. The summed E-state index contributed by atoms with van der Waals surface area (Å²) in [5.74, 6) is -1.38. The zero-order valence-electron chi connectivity index (χ0n) is 17.0. The second-order valence-corrected chi connectivity index (χ2v) is 7.91. The van der Waals surface area contributed by atoms with E-state index in [1.165, 1.54) is 4.90 Å². The number of benzene rings is 1. The summed E-state index contributed by atoms with van der Waals surface area (Å²) in [6, 6.07) is 8.19. The Hall–Kier alpha value is -3.46. The second-order valence-electron chi connectivity index (χ2n) is 7.91. The third-order valence-corrected chi connectivity index (χ3v) is 5.94. The topological polar surface area (TPSA) is 111 Å². The van der Waals surface area contributed by atoms with Crippen LogP contribution in [0.3, 0.4) is 0 Å². The Kier molecular flexibility index (Phi) is 4.44. The van der Waals surface area contributed by atoms with Crippen LogP contribution < -0.4 is 10.2 Å². The van der Waals surface area contributed by atoms with E-state index < -0.39 is 29.5 Å². The number of carbonyl (C=O) groups excluding carboxylic acids is 3. The number of aromatic nitrogens is 1. The van der Waals surface area contributed by atoms with Crippen LogP contribution in [0.5, 0.6) is 0 Å². The van der Waals surface area contributed by atoms with Gasteiger partial charge in [0.15, 0.2) is 5.82 Å². The van der Waals surface area contributed by atoms with Crippen molar-refractivity contribution in [1.29, 1.82) is 0 Å². The maximum Gasteiger partial charge on any atom is 0.338 e. The molecule has 1 N–H and O–H groups in total. The molecule has 1 aromatic carbocycles. The van der Waals surface area contributed by atoms with Gasteiger partial charge in [0.05, 0.1) is 36.7 Å². The van der Waals surface area contributed by atoms with Crippen molar-refractivity contribution in [3.05, 3.63) is 53.8 Å². The van der Waals surface area contributed by atoms with Crippen molar-refractivity contribution in [3.63, 3.8) is 0 Å². The fourth-order valence-corrected chi connectivity index (χ4v) is 4.64. The molecule has 0 unspecified atom stereocenters. The van der Waals surface area contributed by atoms with Gasteiger partial charge in [-0.2, -0.15) is 0 Å². The smallest absolute Gasteiger partial charge is 0.338 e. The number of hydrogen-bond acceptors (Lipinski definition) is 7. The van der Waals surface area contributed by atoms with E-state index >= 15 is 0 Å². The number of carbonyl (C=O) groups is 3. The van der Waals surface area contributed by atoms with E-state index in [9.17, 15) is 14.4 Å². The molecule has 31 heavy (non-hydrogen) atoms. The molecule has 2 bridgehead atoms. The monoisotopic (exact) mass is 423 g/mol. The van der Waals surface area contributed by atoms with Crippen molar-refractivity contribution in [1.82, 2.24) is 5.16 Å². The normalized spacial score (nSPS) is 28.1. The Morgan fingerprint density at radius 3 is 2.94 bits per heavy atom. The maximum atomic E-state index is 13.3. The molecule has 160 valence electrons. The summed E-state index contributed by atoms with van der Waals surface area (Å²) < 4.78 is 16.2. The SMILES string of the molecule is CCOC(=O)c1cccc(NC(=O)[C@H]2[C@H]3C=C[C@@]4(CN(c5cc(C)on5)C(=O)[C@@H]24)O3)c1. The molecule has 4 atom stereocenters. The van der Waals surface area contributed by atoms with Crippen LogP contribution in [0.2, 0.25) is 0 Å². The predicted molar refractivity (Wildman–Crippen MR) is 108 cm³/mol. The minimum atomic E-state index is -0.858. The highest BCUT2D eigenvalue weighted by Crippen LogP contribution is 2.52. The Morgan fingerprint density at radius 1 is 1.35 bits per heavy atom. The zero-order valence-corrected chi connectivity index (χ0v) is 17.0. The number of nitrogens with zero attached hydrogens (tertiary/aromatic N) is 2. The van der Waals surface area contributed by atoms with Gasteiger partial charge in [0.25, 0.3) is 0 Å². The number of anilines is 2. The van der Waals surface area contributed by atoms with Gasteiger partial charge in [0.1, 0.15) is 11.4 Å². The molecule has 2 saturated heterocycles. The lowest BCUT2D eigenvalue weighted by Crippen LogP contribution is -2.41. The zero-order chi connectivity index (χ0) is 21.8. The maximum absolute atomic E-state index is 13.3. The number of aryl methyl sites for hydroxylation is 1. The van der Waals surface area contributed by atoms with Gasteiger partial charge in [-0.15, -0.1) is 0 Å². The van der Waals surface area contributed by atoms with E-state index in [2.05, 4.69) is 10.5 Å². The van der Waals surface area contributed by atoms with Gasteiger partial charge in [0, 0.05) is 11.8 Å². The summed E-state index contributed by atoms with van der Waals surface area (Å²) in [6.45, 7) is 4.01. The highest BCUT2D eigenvalue weighted by atomic mass is 16.5. The average molecular weight is 423 g/mol. The number of nitrogens with one attached hydrogen (secondary N) is 1. The molecule has 2 fully saturated rings. The first kappa shape index (κ1) is 19.5. The number of rotatable bonds is 5. The number of hydrogen-bond donors (Lipinski definition) is 1. The van der Waals surface area contributed by atoms with Crippen LogP contribution in [0, 0.1) is 18.8 Å².